The van der Waals surface area contributed by atoms with Crippen LogP contribution < -0.4 is 10.6 Å². The van der Waals surface area contributed by atoms with E-state index in [0.29, 0.717) is 28.2 Å². The molecule has 1 fully saturated rings. The lowest BCUT2D eigenvalue weighted by Gasteiger charge is -2.31. The highest BCUT2D eigenvalue weighted by Gasteiger charge is 2.34. The van der Waals surface area contributed by atoms with Crippen molar-refractivity contribution in [3.8, 4) is 11.1 Å². The van der Waals surface area contributed by atoms with Gasteiger partial charge in [0.15, 0.2) is 11.2 Å². The lowest BCUT2D eigenvalue weighted by molar-refractivity contribution is -0.125. The number of nitrogens with one attached hydrogen (secondary N) is 2. The number of carbonyl (C=O) groups excluding carboxylic acids is 3. The summed E-state index contributed by atoms with van der Waals surface area (Å²) in [6.45, 7) is 1.80. The first kappa shape index (κ1) is 27.5. The minimum Gasteiger partial charge on any atom is -0.432 e. The van der Waals surface area contributed by atoms with E-state index in [9.17, 15) is 14.4 Å². The maximum absolute atomic E-state index is 13.6. The van der Waals surface area contributed by atoms with Gasteiger partial charge >= 0.3 is 0 Å². The SMILES string of the molecule is CC[C@H](NC(=O)[C@@H](NC(=O)c1ccc(-c2ccccc2Cl)cc1)C1CCCCC1)C(=O)c1nc2ncccc2o1. The number of nitrogens with zero attached hydrogens (tertiary/aromatic N) is 2. The molecular weight excluding hydrogens is 528 g/mol. The van der Waals surface area contributed by atoms with E-state index in [-0.39, 0.29) is 23.6 Å². The van der Waals surface area contributed by atoms with Crippen LogP contribution in [0.4, 0.5) is 0 Å². The summed E-state index contributed by atoms with van der Waals surface area (Å²) in [7, 11) is 0. The number of hydrogen-bond donors (Lipinski definition) is 2. The molecule has 2 N–H and O–H groups in total. The van der Waals surface area contributed by atoms with Gasteiger partial charge in [0.2, 0.25) is 11.7 Å². The van der Waals surface area contributed by atoms with Crippen molar-refractivity contribution in [1.29, 1.82) is 0 Å². The largest absolute Gasteiger partial charge is 0.432 e. The summed E-state index contributed by atoms with van der Waals surface area (Å²) in [6.07, 6.45) is 6.64. The van der Waals surface area contributed by atoms with Crippen LogP contribution in [0.15, 0.2) is 71.3 Å². The zero-order valence-corrected chi connectivity index (χ0v) is 23.0. The van der Waals surface area contributed by atoms with Gasteiger partial charge in [0.25, 0.3) is 11.8 Å². The fourth-order valence-corrected chi connectivity index (χ4v) is 5.47. The Morgan fingerprint density at radius 1 is 0.975 bits per heavy atom. The molecule has 2 heterocycles. The molecule has 0 bridgehead atoms. The van der Waals surface area contributed by atoms with E-state index in [0.717, 1.165) is 43.2 Å². The van der Waals surface area contributed by atoms with Crippen LogP contribution in [0.1, 0.15) is 66.5 Å². The van der Waals surface area contributed by atoms with Crippen LogP contribution in [0.5, 0.6) is 0 Å². The normalized spacial score (nSPS) is 15.3. The van der Waals surface area contributed by atoms with Crippen molar-refractivity contribution in [2.24, 2.45) is 5.92 Å². The minimum atomic E-state index is -0.849. The molecule has 206 valence electrons. The highest BCUT2D eigenvalue weighted by Crippen LogP contribution is 2.29. The molecule has 0 aliphatic heterocycles. The second-order valence-corrected chi connectivity index (χ2v) is 10.5. The number of ketones is 1. The lowest BCUT2D eigenvalue weighted by atomic mass is 9.83. The van der Waals surface area contributed by atoms with Gasteiger partial charge in [-0.25, -0.2) is 4.98 Å². The van der Waals surface area contributed by atoms with Crippen molar-refractivity contribution in [3.63, 3.8) is 0 Å². The second-order valence-electron chi connectivity index (χ2n) is 10.1. The van der Waals surface area contributed by atoms with Gasteiger partial charge in [0, 0.05) is 22.3 Å². The number of Topliss-reactive ketones (excluding diaryl/α,β-unsaturated/α-hetero) is 1. The fourth-order valence-electron chi connectivity index (χ4n) is 5.22. The summed E-state index contributed by atoms with van der Waals surface area (Å²) >= 11 is 6.33. The van der Waals surface area contributed by atoms with Crippen molar-refractivity contribution < 1.29 is 18.8 Å². The molecule has 1 aliphatic carbocycles. The number of halogens is 1. The third-order valence-electron chi connectivity index (χ3n) is 7.44. The van der Waals surface area contributed by atoms with Gasteiger partial charge in [-0.05, 0) is 61.1 Å². The first-order valence-corrected chi connectivity index (χ1v) is 14.0. The molecule has 1 saturated carbocycles. The Morgan fingerprint density at radius 2 is 1.73 bits per heavy atom. The predicted octanol–water partition coefficient (Wildman–Crippen LogP) is 6.00. The lowest BCUT2D eigenvalue weighted by Crippen LogP contribution is -2.54. The van der Waals surface area contributed by atoms with Crippen molar-refractivity contribution in [1.82, 2.24) is 20.6 Å². The molecule has 0 spiro atoms. The van der Waals surface area contributed by atoms with Gasteiger partial charge in [-0.15, -0.1) is 0 Å². The maximum Gasteiger partial charge on any atom is 0.268 e. The molecular formula is C31H31ClN4O4. The van der Waals surface area contributed by atoms with Crippen LogP contribution >= 0.6 is 11.6 Å². The highest BCUT2D eigenvalue weighted by molar-refractivity contribution is 6.33. The number of benzene rings is 2. The van der Waals surface area contributed by atoms with E-state index in [4.69, 9.17) is 16.0 Å². The second kappa shape index (κ2) is 12.4. The van der Waals surface area contributed by atoms with E-state index in [1.54, 1.807) is 37.4 Å². The summed E-state index contributed by atoms with van der Waals surface area (Å²) < 4.78 is 5.59. The van der Waals surface area contributed by atoms with Crippen molar-refractivity contribution in [2.45, 2.75) is 57.5 Å². The zero-order chi connectivity index (χ0) is 28.1. The van der Waals surface area contributed by atoms with Crippen molar-refractivity contribution in [2.75, 3.05) is 0 Å². The molecule has 0 radical (unpaired) electrons. The Labute approximate surface area is 237 Å². The number of aromatic nitrogens is 2. The quantitative estimate of drug-likeness (QED) is 0.243. The van der Waals surface area contributed by atoms with Gasteiger partial charge in [0.05, 0.1) is 6.04 Å². The molecule has 1 aliphatic rings. The number of amides is 2. The molecule has 4 aromatic rings. The van der Waals surface area contributed by atoms with Crippen LogP contribution in [0.2, 0.25) is 5.02 Å². The number of fused-ring (bicyclic) bond motifs is 1. The summed E-state index contributed by atoms with van der Waals surface area (Å²) in [5.41, 5.74) is 2.94. The number of rotatable bonds is 9. The Bertz CT molecular complexity index is 1480. The summed E-state index contributed by atoms with van der Waals surface area (Å²) in [5, 5.41) is 6.46. The molecule has 0 unspecified atom stereocenters. The molecule has 40 heavy (non-hydrogen) atoms. The van der Waals surface area contributed by atoms with Gasteiger partial charge in [-0.3, -0.25) is 14.4 Å². The predicted molar refractivity (Wildman–Crippen MR) is 153 cm³/mol. The highest BCUT2D eigenvalue weighted by atomic mass is 35.5. The average Bonchev–Trinajstić information content (AvgIpc) is 3.43. The summed E-state index contributed by atoms with van der Waals surface area (Å²) in [5.74, 6) is -1.29. The van der Waals surface area contributed by atoms with E-state index in [2.05, 4.69) is 20.6 Å². The topological polar surface area (TPSA) is 114 Å². The first-order valence-electron chi connectivity index (χ1n) is 13.7. The molecule has 0 saturated heterocycles. The zero-order valence-electron chi connectivity index (χ0n) is 22.2. The molecule has 2 aromatic carbocycles. The van der Waals surface area contributed by atoms with Crippen LogP contribution in [0, 0.1) is 5.92 Å². The third-order valence-corrected chi connectivity index (χ3v) is 7.77. The van der Waals surface area contributed by atoms with Gasteiger partial charge in [-0.1, -0.05) is 68.1 Å². The van der Waals surface area contributed by atoms with Crippen LogP contribution in [0.3, 0.4) is 0 Å². The van der Waals surface area contributed by atoms with Crippen molar-refractivity contribution >= 4 is 40.4 Å². The molecule has 5 rings (SSSR count). The molecule has 9 heteroatoms. The van der Waals surface area contributed by atoms with E-state index in [1.807, 2.05) is 36.4 Å². The number of oxazole rings is 1. The Balaban J connectivity index is 1.32. The number of hydrogen-bond acceptors (Lipinski definition) is 6. The minimum absolute atomic E-state index is 0.0266. The third kappa shape index (κ3) is 6.07. The standard InChI is InChI=1S/C31H31ClN4O4/c1-2-24(27(37)31-36-28-25(40-31)13-8-18-33-28)34-30(39)26(20-9-4-3-5-10-20)35-29(38)21-16-14-19(15-17-21)22-11-6-7-12-23(22)32/h6-8,11-18,20,24,26H,2-5,9-10H2,1H3,(H,34,39)(H,35,38)/t24-,26-/m0/s1. The Kier molecular flexibility index (Phi) is 8.55. The van der Waals surface area contributed by atoms with E-state index in [1.165, 1.54) is 0 Å². The van der Waals surface area contributed by atoms with E-state index < -0.39 is 17.9 Å². The van der Waals surface area contributed by atoms with Crippen LogP contribution in [-0.2, 0) is 4.79 Å². The first-order chi connectivity index (χ1) is 19.4. The van der Waals surface area contributed by atoms with Crippen LogP contribution in [0.25, 0.3) is 22.4 Å². The fraction of sp³-hybridized carbons (Fsp3) is 0.323. The molecule has 8 nitrogen and oxygen atoms in total. The van der Waals surface area contributed by atoms with Gasteiger partial charge in [0.1, 0.15) is 6.04 Å². The number of carbonyl (C=O) groups is 3. The summed E-state index contributed by atoms with van der Waals surface area (Å²) in [6, 6.07) is 16.4. The number of pyridine rings is 1. The van der Waals surface area contributed by atoms with Gasteiger partial charge < -0.3 is 15.1 Å². The molecule has 2 aromatic heterocycles. The van der Waals surface area contributed by atoms with Crippen molar-refractivity contribution in [3.05, 3.63) is 83.3 Å². The molecule has 2 amide bonds. The molecule has 2 atom stereocenters. The van der Waals surface area contributed by atoms with E-state index >= 15 is 0 Å². The summed E-state index contributed by atoms with van der Waals surface area (Å²) in [4.78, 5) is 48.4. The van der Waals surface area contributed by atoms with Crippen LogP contribution in [-0.4, -0.2) is 39.6 Å². The monoisotopic (exact) mass is 558 g/mol. The Hall–Kier alpha value is -4.04. The Morgan fingerprint density at radius 3 is 2.42 bits per heavy atom. The maximum atomic E-state index is 13.6. The van der Waals surface area contributed by atoms with Gasteiger partial charge in [-0.2, -0.15) is 4.98 Å². The average molecular weight is 559 g/mol. The smallest absolute Gasteiger partial charge is 0.268 e.